The van der Waals surface area contributed by atoms with E-state index in [0.717, 1.165) is 28.4 Å². The number of nitrogens with two attached hydrogens (primary N) is 1. The van der Waals surface area contributed by atoms with Crippen LogP contribution in [-0.2, 0) is 9.59 Å². The molecule has 3 aromatic rings. The molecule has 2 aliphatic heterocycles. The summed E-state index contributed by atoms with van der Waals surface area (Å²) >= 11 is 1.60. The number of benzene rings is 2. The van der Waals surface area contributed by atoms with E-state index >= 15 is 0 Å². The molecule has 1 fully saturated rings. The normalized spacial score (nSPS) is 18.3. The van der Waals surface area contributed by atoms with E-state index in [1.807, 2.05) is 12.1 Å². The molecule has 1 atom stereocenters. The molecule has 0 spiro atoms. The first kappa shape index (κ1) is 20.4. The lowest BCUT2D eigenvalue weighted by atomic mass is 10.1. The van der Waals surface area contributed by atoms with Crippen molar-refractivity contribution in [3.8, 4) is 0 Å². The molecule has 0 saturated carbocycles. The monoisotopic (exact) mass is 452 g/mol. The topological polar surface area (TPSA) is 104 Å². The maximum atomic E-state index is 13.3. The number of halogens is 1. The molecule has 5 rings (SSSR count). The zero-order valence-electron chi connectivity index (χ0n) is 17.1. The van der Waals surface area contributed by atoms with Gasteiger partial charge in [-0.3, -0.25) is 14.6 Å². The highest BCUT2D eigenvalue weighted by Gasteiger charge is 2.35. The molecule has 8 nitrogen and oxygen atoms in total. The molecule has 1 aromatic heterocycles. The minimum absolute atomic E-state index is 0.0699. The first-order valence-corrected chi connectivity index (χ1v) is 11.2. The largest absolute Gasteiger partial charge is 0.368 e. The number of hydrogen-bond donors (Lipinski definition) is 2. The Hall–Kier alpha value is -3.53. The number of fused-ring (bicyclic) bond motifs is 1. The van der Waals surface area contributed by atoms with Crippen LogP contribution >= 0.6 is 11.3 Å². The summed E-state index contributed by atoms with van der Waals surface area (Å²) in [6.45, 7) is 2.05. The number of rotatable bonds is 5. The number of nitrogens with zero attached hydrogens (tertiary/aromatic N) is 4. The standard InChI is InChI=1S/C22H21FN6O2S/c23-13-3-6-15(7-4-13)29-18(20(24)30)12-17(27-29)21(31)25-14-5-8-16-19(11-14)32-22(26-16)28-9-1-2-10-28/h3-8,11,18H,1-2,9-10,12H2,(H2,24,30)(H,25,31). The Morgan fingerprint density at radius 1 is 1.12 bits per heavy atom. The summed E-state index contributed by atoms with van der Waals surface area (Å²) in [6.07, 6.45) is 2.43. The van der Waals surface area contributed by atoms with Crippen LogP contribution in [0.3, 0.4) is 0 Å². The molecule has 2 aromatic carbocycles. The van der Waals surface area contributed by atoms with Gasteiger partial charge in [0.1, 0.15) is 17.6 Å². The summed E-state index contributed by atoms with van der Waals surface area (Å²) in [5.74, 6) is -1.43. The average molecular weight is 453 g/mol. The van der Waals surface area contributed by atoms with Crippen LogP contribution in [0.5, 0.6) is 0 Å². The first-order valence-electron chi connectivity index (χ1n) is 10.4. The predicted molar refractivity (Wildman–Crippen MR) is 124 cm³/mol. The van der Waals surface area contributed by atoms with Crippen LogP contribution in [0.2, 0.25) is 0 Å². The number of aromatic nitrogens is 1. The quantitative estimate of drug-likeness (QED) is 0.619. The molecular formula is C22H21FN6O2S. The molecular weight excluding hydrogens is 431 g/mol. The number of amides is 2. The third-order valence-corrected chi connectivity index (χ3v) is 6.68. The number of hydrazone groups is 1. The van der Waals surface area contributed by atoms with Gasteiger partial charge in [0.05, 0.1) is 15.9 Å². The average Bonchev–Trinajstić information content (AvgIpc) is 3.52. The van der Waals surface area contributed by atoms with E-state index < -0.39 is 23.7 Å². The van der Waals surface area contributed by atoms with Gasteiger partial charge >= 0.3 is 0 Å². The fourth-order valence-corrected chi connectivity index (χ4v) is 4.99. The Morgan fingerprint density at radius 2 is 1.88 bits per heavy atom. The summed E-state index contributed by atoms with van der Waals surface area (Å²) in [7, 11) is 0. The summed E-state index contributed by atoms with van der Waals surface area (Å²) in [5, 5.41) is 9.52. The zero-order valence-corrected chi connectivity index (χ0v) is 17.9. The zero-order chi connectivity index (χ0) is 22.2. The van der Waals surface area contributed by atoms with Crippen molar-refractivity contribution in [2.24, 2.45) is 10.8 Å². The molecule has 1 unspecified atom stereocenters. The fourth-order valence-electron chi connectivity index (χ4n) is 3.94. The maximum absolute atomic E-state index is 13.3. The van der Waals surface area contributed by atoms with Crippen LogP contribution in [0.15, 0.2) is 47.6 Å². The van der Waals surface area contributed by atoms with Gasteiger partial charge in [-0.05, 0) is 55.3 Å². The van der Waals surface area contributed by atoms with Crippen molar-refractivity contribution in [3.63, 3.8) is 0 Å². The van der Waals surface area contributed by atoms with Gasteiger partial charge in [0.15, 0.2) is 5.13 Å². The van der Waals surface area contributed by atoms with Gasteiger partial charge in [0.2, 0.25) is 5.91 Å². The summed E-state index contributed by atoms with van der Waals surface area (Å²) < 4.78 is 14.2. The minimum Gasteiger partial charge on any atom is -0.368 e. The van der Waals surface area contributed by atoms with Gasteiger partial charge in [-0.25, -0.2) is 9.37 Å². The first-order chi connectivity index (χ1) is 15.5. The van der Waals surface area contributed by atoms with Crippen molar-refractivity contribution in [1.82, 2.24) is 4.98 Å². The van der Waals surface area contributed by atoms with Crippen LogP contribution < -0.4 is 21.0 Å². The summed E-state index contributed by atoms with van der Waals surface area (Å²) in [5.41, 5.74) is 7.70. The van der Waals surface area contributed by atoms with Gasteiger partial charge < -0.3 is 16.0 Å². The number of hydrogen-bond acceptors (Lipinski definition) is 7. The van der Waals surface area contributed by atoms with Crippen molar-refractivity contribution >= 4 is 55.6 Å². The van der Waals surface area contributed by atoms with Crippen LogP contribution in [0.25, 0.3) is 10.2 Å². The molecule has 3 N–H and O–H groups in total. The third-order valence-electron chi connectivity index (χ3n) is 5.60. The lowest BCUT2D eigenvalue weighted by molar-refractivity contribution is -0.119. The highest BCUT2D eigenvalue weighted by Crippen LogP contribution is 2.32. The fraction of sp³-hybridized carbons (Fsp3) is 0.273. The van der Waals surface area contributed by atoms with E-state index in [4.69, 9.17) is 10.7 Å². The van der Waals surface area contributed by atoms with Crippen molar-refractivity contribution in [1.29, 1.82) is 0 Å². The number of primary amides is 1. The molecule has 1 saturated heterocycles. The van der Waals surface area contributed by atoms with Crippen LogP contribution in [0.4, 0.5) is 20.9 Å². The third kappa shape index (κ3) is 3.89. The van der Waals surface area contributed by atoms with Gasteiger partial charge in [-0.2, -0.15) is 5.10 Å². The highest BCUT2D eigenvalue weighted by molar-refractivity contribution is 7.22. The lowest BCUT2D eigenvalue weighted by Crippen LogP contribution is -2.39. The summed E-state index contributed by atoms with van der Waals surface area (Å²) in [4.78, 5) is 31.8. The Labute approximate surface area is 187 Å². The van der Waals surface area contributed by atoms with Crippen LogP contribution in [0.1, 0.15) is 19.3 Å². The second-order valence-corrected chi connectivity index (χ2v) is 8.83. The van der Waals surface area contributed by atoms with Crippen molar-refractivity contribution in [2.45, 2.75) is 25.3 Å². The van der Waals surface area contributed by atoms with Crippen LogP contribution in [0, 0.1) is 5.82 Å². The summed E-state index contributed by atoms with van der Waals surface area (Å²) in [6, 6.07) is 10.3. The molecule has 2 aliphatic rings. The minimum atomic E-state index is -0.812. The Balaban J connectivity index is 1.35. The van der Waals surface area contributed by atoms with E-state index in [1.165, 1.54) is 42.1 Å². The maximum Gasteiger partial charge on any atom is 0.271 e. The van der Waals surface area contributed by atoms with Crippen molar-refractivity contribution < 1.29 is 14.0 Å². The molecule has 2 amide bonds. The van der Waals surface area contributed by atoms with Crippen molar-refractivity contribution in [3.05, 3.63) is 48.3 Å². The highest BCUT2D eigenvalue weighted by atomic mass is 32.1. The van der Waals surface area contributed by atoms with Crippen LogP contribution in [-0.4, -0.2) is 41.6 Å². The molecule has 32 heavy (non-hydrogen) atoms. The number of carbonyl (C=O) groups is 2. The van der Waals surface area contributed by atoms with Gasteiger partial charge in [-0.15, -0.1) is 0 Å². The number of carbonyl (C=O) groups excluding carboxylic acids is 2. The van der Waals surface area contributed by atoms with Gasteiger partial charge in [0.25, 0.3) is 5.91 Å². The van der Waals surface area contributed by atoms with E-state index in [1.54, 1.807) is 17.4 Å². The van der Waals surface area contributed by atoms with E-state index in [-0.39, 0.29) is 12.1 Å². The van der Waals surface area contributed by atoms with Crippen molar-refractivity contribution in [2.75, 3.05) is 28.3 Å². The number of thiazole rings is 1. The SMILES string of the molecule is NC(=O)C1CC(C(=O)Nc2ccc3nc(N4CCCC4)sc3c2)=NN1c1ccc(F)cc1. The molecule has 164 valence electrons. The number of nitrogens with one attached hydrogen (secondary N) is 1. The Bertz CT molecular complexity index is 1220. The molecule has 0 radical (unpaired) electrons. The molecule has 0 aliphatic carbocycles. The molecule has 3 heterocycles. The number of anilines is 3. The van der Waals surface area contributed by atoms with Gasteiger partial charge in [-0.1, -0.05) is 11.3 Å². The second kappa shape index (κ2) is 8.19. The Kier molecular flexibility index (Phi) is 5.22. The van der Waals surface area contributed by atoms with E-state index in [9.17, 15) is 14.0 Å². The predicted octanol–water partition coefficient (Wildman–Crippen LogP) is 3.09. The van der Waals surface area contributed by atoms with E-state index in [2.05, 4.69) is 15.3 Å². The van der Waals surface area contributed by atoms with Gasteiger partial charge in [0, 0.05) is 25.2 Å². The second-order valence-electron chi connectivity index (χ2n) is 7.82. The Morgan fingerprint density at radius 3 is 2.59 bits per heavy atom. The smallest absolute Gasteiger partial charge is 0.271 e. The lowest BCUT2D eigenvalue weighted by Gasteiger charge is -2.20. The molecule has 10 heteroatoms. The molecule has 0 bridgehead atoms. The van der Waals surface area contributed by atoms with E-state index in [0.29, 0.717) is 11.4 Å².